The van der Waals surface area contributed by atoms with Crippen molar-refractivity contribution in [3.8, 4) is 0 Å². The van der Waals surface area contributed by atoms with E-state index in [0.29, 0.717) is 12.1 Å². The molecule has 1 unspecified atom stereocenters. The minimum atomic E-state index is -2.82. The van der Waals surface area contributed by atoms with Gasteiger partial charge in [0, 0.05) is 6.42 Å². The lowest BCUT2D eigenvalue weighted by Crippen LogP contribution is -2.42. The van der Waals surface area contributed by atoms with Gasteiger partial charge in [0.15, 0.2) is 0 Å². The Labute approximate surface area is 127 Å². The van der Waals surface area contributed by atoms with Crippen molar-refractivity contribution in [2.45, 2.75) is 58.5 Å². The van der Waals surface area contributed by atoms with Crippen LogP contribution in [0.2, 0.25) is 0 Å². The predicted molar refractivity (Wildman–Crippen MR) is 76.1 cm³/mol. The van der Waals surface area contributed by atoms with Crippen molar-refractivity contribution in [3.63, 3.8) is 0 Å². The Bertz CT molecular complexity index is 550. The van der Waals surface area contributed by atoms with Crippen molar-refractivity contribution in [1.82, 2.24) is 15.1 Å². The molecule has 0 aliphatic heterocycles. The molecule has 2 N–H and O–H groups in total. The number of carboxylic acid groups (broad SMARTS) is 1. The number of aliphatic carboxylic acids is 1. The van der Waals surface area contributed by atoms with E-state index in [1.54, 1.807) is 4.68 Å². The van der Waals surface area contributed by atoms with Crippen molar-refractivity contribution >= 4 is 11.9 Å². The summed E-state index contributed by atoms with van der Waals surface area (Å²) in [5.41, 5.74) is 0.489. The molecular formula is C14H21F2N3O3. The van der Waals surface area contributed by atoms with E-state index < -0.39 is 30.8 Å². The Kier molecular flexibility index (Phi) is 5.62. The van der Waals surface area contributed by atoms with Crippen molar-refractivity contribution in [2.75, 3.05) is 0 Å². The van der Waals surface area contributed by atoms with Crippen molar-refractivity contribution in [2.24, 2.45) is 0 Å². The van der Waals surface area contributed by atoms with Crippen LogP contribution in [0.1, 0.15) is 50.2 Å². The van der Waals surface area contributed by atoms with Crippen molar-refractivity contribution in [3.05, 3.63) is 17.5 Å². The molecule has 8 heteroatoms. The number of amides is 1. The third-order valence-electron chi connectivity index (χ3n) is 3.10. The van der Waals surface area contributed by atoms with Gasteiger partial charge in [0.25, 0.3) is 5.91 Å². The summed E-state index contributed by atoms with van der Waals surface area (Å²) in [4.78, 5) is 23.1. The summed E-state index contributed by atoms with van der Waals surface area (Å²) in [7, 11) is 0. The SMILES string of the molecule is CCc1c(C(=O)NC(CC(F)F)C(=O)O)cnn1C(C)(C)C. The Balaban J connectivity index is 3.03. The first kappa shape index (κ1) is 18.1. The molecule has 1 amide bonds. The molecule has 0 saturated heterocycles. The monoisotopic (exact) mass is 317 g/mol. The second-order valence-electron chi connectivity index (χ2n) is 5.93. The van der Waals surface area contributed by atoms with E-state index in [2.05, 4.69) is 10.4 Å². The predicted octanol–water partition coefficient (Wildman–Crippen LogP) is 2.04. The summed E-state index contributed by atoms with van der Waals surface area (Å²) in [5.74, 6) is -2.20. The number of hydrogen-bond donors (Lipinski definition) is 2. The fourth-order valence-electron chi connectivity index (χ4n) is 2.12. The molecule has 124 valence electrons. The number of alkyl halides is 2. The Morgan fingerprint density at radius 1 is 1.41 bits per heavy atom. The van der Waals surface area contributed by atoms with Crippen LogP contribution in [0.4, 0.5) is 8.78 Å². The number of nitrogens with zero attached hydrogens (tertiary/aromatic N) is 2. The summed E-state index contributed by atoms with van der Waals surface area (Å²) in [5, 5.41) is 15.2. The van der Waals surface area contributed by atoms with E-state index in [1.165, 1.54) is 6.20 Å². The van der Waals surface area contributed by atoms with Crippen LogP contribution in [0.15, 0.2) is 6.20 Å². The van der Waals surface area contributed by atoms with E-state index in [0.717, 1.165) is 0 Å². The van der Waals surface area contributed by atoms with Crippen LogP contribution in [0.3, 0.4) is 0 Å². The van der Waals surface area contributed by atoms with Crippen LogP contribution < -0.4 is 5.32 Å². The lowest BCUT2D eigenvalue weighted by atomic mass is 10.1. The highest BCUT2D eigenvalue weighted by molar-refractivity contribution is 5.97. The zero-order valence-electron chi connectivity index (χ0n) is 13.1. The first-order valence-corrected chi connectivity index (χ1v) is 6.97. The van der Waals surface area contributed by atoms with Crippen LogP contribution in [0.25, 0.3) is 0 Å². The standard InChI is InChI=1S/C14H21F2N3O3/c1-5-10-8(7-17-19(10)14(2,3)4)12(20)18-9(13(21)22)6-11(15)16/h7,9,11H,5-6H2,1-4H3,(H,18,20)(H,21,22). The first-order chi connectivity index (χ1) is 10.1. The van der Waals surface area contributed by atoms with E-state index in [1.807, 2.05) is 27.7 Å². The highest BCUT2D eigenvalue weighted by atomic mass is 19.3. The third kappa shape index (κ3) is 4.25. The van der Waals surface area contributed by atoms with Gasteiger partial charge in [-0.15, -0.1) is 0 Å². The zero-order chi connectivity index (χ0) is 17.1. The van der Waals surface area contributed by atoms with Gasteiger partial charge in [-0.05, 0) is 27.2 Å². The number of carbonyl (C=O) groups excluding carboxylic acids is 1. The molecule has 1 atom stereocenters. The third-order valence-corrected chi connectivity index (χ3v) is 3.10. The molecule has 0 bridgehead atoms. The normalized spacial score (nSPS) is 13.2. The number of carbonyl (C=O) groups is 2. The van der Waals surface area contributed by atoms with E-state index in [9.17, 15) is 18.4 Å². The molecule has 0 saturated carbocycles. The molecule has 1 aromatic heterocycles. The molecule has 6 nitrogen and oxygen atoms in total. The molecule has 0 fully saturated rings. The molecule has 0 aliphatic rings. The number of carboxylic acids is 1. The average molecular weight is 317 g/mol. The molecule has 1 heterocycles. The first-order valence-electron chi connectivity index (χ1n) is 6.97. The summed E-state index contributed by atoms with van der Waals surface area (Å²) in [6.07, 6.45) is -1.91. The van der Waals surface area contributed by atoms with Crippen LogP contribution in [-0.4, -0.2) is 39.2 Å². The summed E-state index contributed by atoms with van der Waals surface area (Å²) >= 11 is 0. The molecule has 0 aliphatic carbocycles. The van der Waals surface area contributed by atoms with Gasteiger partial charge in [-0.1, -0.05) is 6.92 Å². The van der Waals surface area contributed by atoms with Gasteiger partial charge in [-0.2, -0.15) is 5.10 Å². The van der Waals surface area contributed by atoms with Gasteiger partial charge in [0.2, 0.25) is 6.43 Å². The zero-order valence-corrected chi connectivity index (χ0v) is 13.1. The summed E-state index contributed by atoms with van der Waals surface area (Å²) in [6, 6.07) is -1.63. The van der Waals surface area contributed by atoms with Crippen molar-refractivity contribution < 1.29 is 23.5 Å². The van der Waals surface area contributed by atoms with Gasteiger partial charge < -0.3 is 10.4 Å². The highest BCUT2D eigenvalue weighted by Gasteiger charge is 2.28. The smallest absolute Gasteiger partial charge is 0.326 e. The molecular weight excluding hydrogens is 296 g/mol. The topological polar surface area (TPSA) is 84.2 Å². The lowest BCUT2D eigenvalue weighted by molar-refractivity contribution is -0.140. The molecule has 1 rings (SSSR count). The number of hydrogen-bond acceptors (Lipinski definition) is 3. The van der Waals surface area contributed by atoms with E-state index >= 15 is 0 Å². The minimum Gasteiger partial charge on any atom is -0.480 e. The van der Waals surface area contributed by atoms with Crippen LogP contribution in [-0.2, 0) is 16.8 Å². The highest BCUT2D eigenvalue weighted by Crippen LogP contribution is 2.20. The van der Waals surface area contributed by atoms with Crippen LogP contribution in [0, 0.1) is 0 Å². The van der Waals surface area contributed by atoms with E-state index in [-0.39, 0.29) is 11.1 Å². The Morgan fingerprint density at radius 2 is 2.00 bits per heavy atom. The molecule has 1 aromatic rings. The minimum absolute atomic E-state index is 0.206. The summed E-state index contributed by atoms with van der Waals surface area (Å²) < 4.78 is 26.4. The maximum atomic E-state index is 12.4. The van der Waals surface area contributed by atoms with Crippen molar-refractivity contribution in [1.29, 1.82) is 0 Å². The van der Waals surface area contributed by atoms with Gasteiger partial charge in [0.05, 0.1) is 23.0 Å². The molecule has 0 aromatic carbocycles. The van der Waals surface area contributed by atoms with Gasteiger partial charge in [-0.3, -0.25) is 9.48 Å². The van der Waals surface area contributed by atoms with E-state index in [4.69, 9.17) is 5.11 Å². The second-order valence-corrected chi connectivity index (χ2v) is 5.93. The molecule has 0 spiro atoms. The number of nitrogens with one attached hydrogen (secondary N) is 1. The quantitative estimate of drug-likeness (QED) is 0.841. The fourth-order valence-corrected chi connectivity index (χ4v) is 2.12. The Morgan fingerprint density at radius 3 is 2.41 bits per heavy atom. The number of halogens is 2. The maximum absolute atomic E-state index is 12.4. The lowest BCUT2D eigenvalue weighted by Gasteiger charge is -2.22. The molecule has 22 heavy (non-hydrogen) atoms. The largest absolute Gasteiger partial charge is 0.480 e. The van der Waals surface area contributed by atoms with Gasteiger partial charge in [0.1, 0.15) is 6.04 Å². The fraction of sp³-hybridized carbons (Fsp3) is 0.643. The van der Waals surface area contributed by atoms with Gasteiger partial charge >= 0.3 is 5.97 Å². The average Bonchev–Trinajstić information content (AvgIpc) is 2.80. The summed E-state index contributed by atoms with van der Waals surface area (Å²) in [6.45, 7) is 7.58. The van der Waals surface area contributed by atoms with Gasteiger partial charge in [-0.25, -0.2) is 13.6 Å². The van der Waals surface area contributed by atoms with Crippen LogP contribution >= 0.6 is 0 Å². The maximum Gasteiger partial charge on any atom is 0.326 e. The number of aromatic nitrogens is 2. The Hall–Kier alpha value is -1.99. The van der Waals surface area contributed by atoms with Crippen LogP contribution in [0.5, 0.6) is 0 Å². The number of rotatable bonds is 6. The molecule has 0 radical (unpaired) electrons. The second kappa shape index (κ2) is 6.85.